The normalized spacial score (nSPS) is 16.9. The molecule has 1 amide bonds. The van der Waals surface area contributed by atoms with Gasteiger partial charge in [-0.15, -0.1) is 0 Å². The molecule has 2 N–H and O–H groups in total. The van der Waals surface area contributed by atoms with Crippen LogP contribution in [0.15, 0.2) is 36.8 Å². The first kappa shape index (κ1) is 22.6. The zero-order chi connectivity index (χ0) is 25.0. The molecule has 6 rings (SSSR count). The summed E-state index contributed by atoms with van der Waals surface area (Å²) in [5, 5.41) is 5.60. The van der Waals surface area contributed by atoms with E-state index < -0.39 is 0 Å². The SMILES string of the molecule is CCn1cc(N(Cc2ccc3c4c(c(N)nc3c2)C(C)OC4)C(=O)c2cnc(C3CC3)nc2)c(C)n1. The number of pyridine rings is 1. The van der Waals surface area contributed by atoms with E-state index in [1.54, 1.807) is 17.3 Å². The highest BCUT2D eigenvalue weighted by atomic mass is 16.5. The van der Waals surface area contributed by atoms with E-state index in [9.17, 15) is 4.79 Å². The number of carbonyl (C=O) groups is 1. The van der Waals surface area contributed by atoms with Crippen molar-refractivity contribution in [2.45, 2.75) is 65.3 Å². The van der Waals surface area contributed by atoms with Crippen molar-refractivity contribution in [3.05, 3.63) is 70.6 Å². The van der Waals surface area contributed by atoms with Gasteiger partial charge in [0.15, 0.2) is 0 Å². The third kappa shape index (κ3) is 3.89. The van der Waals surface area contributed by atoms with Crippen LogP contribution in [0.4, 0.5) is 11.5 Å². The van der Waals surface area contributed by atoms with Crippen LogP contribution in [-0.4, -0.2) is 30.6 Å². The molecule has 1 fully saturated rings. The Bertz CT molecular complexity index is 1470. The van der Waals surface area contributed by atoms with Gasteiger partial charge in [-0.05, 0) is 50.8 Å². The quantitative estimate of drug-likeness (QED) is 0.431. The maximum atomic E-state index is 13.8. The minimum atomic E-state index is -0.167. The Labute approximate surface area is 209 Å². The summed E-state index contributed by atoms with van der Waals surface area (Å²) in [5.41, 5.74) is 12.1. The second-order valence-corrected chi connectivity index (χ2v) is 9.64. The summed E-state index contributed by atoms with van der Waals surface area (Å²) in [6.45, 7) is 7.52. The number of benzene rings is 1. The molecule has 36 heavy (non-hydrogen) atoms. The maximum Gasteiger partial charge on any atom is 0.261 e. The molecular weight excluding hydrogens is 454 g/mol. The number of nitrogens with zero attached hydrogens (tertiary/aromatic N) is 6. The van der Waals surface area contributed by atoms with Gasteiger partial charge in [0.05, 0.1) is 41.7 Å². The van der Waals surface area contributed by atoms with Crippen LogP contribution in [0.2, 0.25) is 0 Å². The molecule has 1 saturated carbocycles. The Morgan fingerprint density at radius 1 is 1.25 bits per heavy atom. The van der Waals surface area contributed by atoms with Crippen molar-refractivity contribution in [3.63, 3.8) is 0 Å². The van der Waals surface area contributed by atoms with E-state index in [2.05, 4.69) is 26.1 Å². The Hall–Kier alpha value is -3.85. The number of nitrogen functional groups attached to an aromatic ring is 1. The van der Waals surface area contributed by atoms with E-state index >= 15 is 0 Å². The van der Waals surface area contributed by atoms with Gasteiger partial charge in [-0.1, -0.05) is 12.1 Å². The topological polar surface area (TPSA) is 112 Å². The first-order valence-electron chi connectivity index (χ1n) is 12.4. The molecule has 1 unspecified atom stereocenters. The second-order valence-electron chi connectivity index (χ2n) is 9.64. The molecule has 184 valence electrons. The summed E-state index contributed by atoms with van der Waals surface area (Å²) in [4.78, 5) is 29.1. The van der Waals surface area contributed by atoms with Crippen molar-refractivity contribution in [1.29, 1.82) is 0 Å². The van der Waals surface area contributed by atoms with Gasteiger partial charge in [0, 0.05) is 42.0 Å². The van der Waals surface area contributed by atoms with E-state index in [4.69, 9.17) is 10.5 Å². The maximum absolute atomic E-state index is 13.8. The minimum absolute atomic E-state index is 0.0590. The Balaban J connectivity index is 1.38. The van der Waals surface area contributed by atoms with Crippen LogP contribution in [0, 0.1) is 6.92 Å². The monoisotopic (exact) mass is 483 g/mol. The van der Waals surface area contributed by atoms with Crippen molar-refractivity contribution < 1.29 is 9.53 Å². The van der Waals surface area contributed by atoms with Crippen LogP contribution >= 0.6 is 0 Å². The number of aromatic nitrogens is 5. The van der Waals surface area contributed by atoms with Crippen LogP contribution in [-0.2, 0) is 24.4 Å². The van der Waals surface area contributed by atoms with E-state index in [1.807, 2.05) is 43.8 Å². The number of hydrogen-bond acceptors (Lipinski definition) is 7. The molecule has 1 aliphatic carbocycles. The highest BCUT2D eigenvalue weighted by Crippen LogP contribution is 2.39. The Morgan fingerprint density at radius 3 is 2.72 bits per heavy atom. The van der Waals surface area contributed by atoms with Crippen LogP contribution in [0.25, 0.3) is 10.9 Å². The number of hydrogen-bond donors (Lipinski definition) is 1. The van der Waals surface area contributed by atoms with Crippen molar-refractivity contribution in [2.75, 3.05) is 10.6 Å². The van der Waals surface area contributed by atoms with Gasteiger partial charge in [-0.3, -0.25) is 9.48 Å². The van der Waals surface area contributed by atoms with Crippen molar-refractivity contribution in [1.82, 2.24) is 24.7 Å². The molecule has 1 aromatic carbocycles. The van der Waals surface area contributed by atoms with Crippen molar-refractivity contribution in [3.8, 4) is 0 Å². The standard InChI is InChI=1S/C27H29N7O2/c1-4-33-13-23(15(2)32-33)34(27(35)19-10-29-26(30-11-19)18-6-7-18)12-17-5-8-20-21-14-36-16(3)24(21)25(28)31-22(20)9-17/h5,8-11,13,16,18H,4,6-7,12,14H2,1-3H3,(H2,28,31). The van der Waals surface area contributed by atoms with Gasteiger partial charge in [-0.25, -0.2) is 15.0 Å². The molecule has 0 spiro atoms. The summed E-state index contributed by atoms with van der Waals surface area (Å²) in [5.74, 6) is 1.58. The summed E-state index contributed by atoms with van der Waals surface area (Å²) in [6.07, 6.45) is 7.37. The van der Waals surface area contributed by atoms with Gasteiger partial charge in [0.25, 0.3) is 5.91 Å². The summed E-state index contributed by atoms with van der Waals surface area (Å²) >= 11 is 0. The number of anilines is 2. The molecule has 4 heterocycles. The number of carbonyl (C=O) groups excluding carboxylic acids is 1. The first-order chi connectivity index (χ1) is 17.4. The van der Waals surface area contributed by atoms with Crippen LogP contribution in [0.5, 0.6) is 0 Å². The second kappa shape index (κ2) is 8.67. The van der Waals surface area contributed by atoms with E-state index in [0.29, 0.717) is 37.0 Å². The Morgan fingerprint density at radius 2 is 2.03 bits per heavy atom. The summed E-state index contributed by atoms with van der Waals surface area (Å²) < 4.78 is 7.64. The van der Waals surface area contributed by atoms with Crippen molar-refractivity contribution >= 4 is 28.3 Å². The molecule has 9 nitrogen and oxygen atoms in total. The third-order valence-corrected chi connectivity index (χ3v) is 7.10. The van der Waals surface area contributed by atoms with Crippen LogP contribution < -0.4 is 10.6 Å². The molecule has 4 aromatic rings. The number of amides is 1. The smallest absolute Gasteiger partial charge is 0.261 e. The van der Waals surface area contributed by atoms with E-state index in [-0.39, 0.29) is 12.0 Å². The van der Waals surface area contributed by atoms with E-state index in [0.717, 1.165) is 57.6 Å². The number of fused-ring (bicyclic) bond motifs is 3. The zero-order valence-electron chi connectivity index (χ0n) is 20.7. The van der Waals surface area contributed by atoms with Gasteiger partial charge in [0.1, 0.15) is 11.6 Å². The zero-order valence-corrected chi connectivity index (χ0v) is 20.7. The van der Waals surface area contributed by atoms with Gasteiger partial charge in [0.2, 0.25) is 0 Å². The first-order valence-corrected chi connectivity index (χ1v) is 12.4. The molecule has 0 saturated heterocycles. The van der Waals surface area contributed by atoms with Gasteiger partial charge >= 0.3 is 0 Å². The fraction of sp³-hybridized carbons (Fsp3) is 0.370. The lowest BCUT2D eigenvalue weighted by Gasteiger charge is -2.22. The molecule has 0 bridgehead atoms. The number of nitrogens with two attached hydrogens (primary N) is 1. The average Bonchev–Trinajstić information content (AvgIpc) is 3.56. The molecule has 2 aliphatic rings. The average molecular weight is 484 g/mol. The van der Waals surface area contributed by atoms with Crippen LogP contribution in [0.3, 0.4) is 0 Å². The predicted octanol–water partition coefficient (Wildman–Crippen LogP) is 4.45. The van der Waals surface area contributed by atoms with Gasteiger partial charge < -0.3 is 15.4 Å². The number of aryl methyl sites for hydroxylation is 2. The lowest BCUT2D eigenvalue weighted by atomic mass is 10.0. The lowest BCUT2D eigenvalue weighted by molar-refractivity contribution is 0.0801. The molecule has 1 aliphatic heterocycles. The predicted molar refractivity (Wildman–Crippen MR) is 137 cm³/mol. The minimum Gasteiger partial charge on any atom is -0.383 e. The lowest BCUT2D eigenvalue weighted by Crippen LogP contribution is -2.31. The fourth-order valence-corrected chi connectivity index (χ4v) is 4.95. The molecule has 1 atom stereocenters. The van der Waals surface area contributed by atoms with E-state index in [1.165, 1.54) is 0 Å². The van der Waals surface area contributed by atoms with Crippen LogP contribution in [0.1, 0.15) is 77.3 Å². The molecule has 9 heteroatoms. The number of ether oxygens (including phenoxy) is 1. The largest absolute Gasteiger partial charge is 0.383 e. The van der Waals surface area contributed by atoms with Gasteiger partial charge in [-0.2, -0.15) is 5.10 Å². The molecular formula is C27H29N7O2. The van der Waals surface area contributed by atoms with Crippen molar-refractivity contribution in [2.24, 2.45) is 0 Å². The highest BCUT2D eigenvalue weighted by Gasteiger charge is 2.28. The molecule has 0 radical (unpaired) electrons. The third-order valence-electron chi connectivity index (χ3n) is 7.10. The summed E-state index contributed by atoms with van der Waals surface area (Å²) in [7, 11) is 0. The Kier molecular flexibility index (Phi) is 5.44. The number of rotatable bonds is 6. The highest BCUT2D eigenvalue weighted by molar-refractivity contribution is 6.06. The fourth-order valence-electron chi connectivity index (χ4n) is 4.95. The molecule has 3 aromatic heterocycles. The summed E-state index contributed by atoms with van der Waals surface area (Å²) in [6, 6.07) is 6.09.